The van der Waals surface area contributed by atoms with Crippen LogP contribution in [0.3, 0.4) is 0 Å². The van der Waals surface area contributed by atoms with Crippen LogP contribution in [-0.2, 0) is 19.4 Å². The molecule has 1 saturated carbocycles. The second-order valence-electron chi connectivity index (χ2n) is 9.69. The minimum Gasteiger partial charge on any atom is -0.330 e. The summed E-state index contributed by atoms with van der Waals surface area (Å²) in [4.78, 5) is 33.3. The van der Waals surface area contributed by atoms with Crippen molar-refractivity contribution in [1.82, 2.24) is 0 Å². The Morgan fingerprint density at radius 2 is 1.28 bits per heavy atom. The Balaban J connectivity index is 1.92. The minimum absolute atomic E-state index is 0.175. The maximum atomic E-state index is 12.0. The summed E-state index contributed by atoms with van der Waals surface area (Å²) in [5, 5.41) is 0. The molecule has 0 aliphatic heterocycles. The predicted octanol–water partition coefficient (Wildman–Crippen LogP) is 7.32. The van der Waals surface area contributed by atoms with Gasteiger partial charge in [0.15, 0.2) is 0 Å². The highest BCUT2D eigenvalue weighted by atomic mass is 17.2. The van der Waals surface area contributed by atoms with E-state index in [1.165, 1.54) is 64.2 Å². The molecule has 0 saturated heterocycles. The number of carbonyl (C=O) groups excluding carboxylic acids is 2. The van der Waals surface area contributed by atoms with E-state index >= 15 is 0 Å². The van der Waals surface area contributed by atoms with E-state index < -0.39 is 11.9 Å². The second-order valence-corrected chi connectivity index (χ2v) is 9.69. The van der Waals surface area contributed by atoms with Crippen LogP contribution in [0.25, 0.3) is 0 Å². The van der Waals surface area contributed by atoms with Crippen LogP contribution in [0, 0.1) is 5.41 Å². The Morgan fingerprint density at radius 3 is 1.88 bits per heavy atom. The summed E-state index contributed by atoms with van der Waals surface area (Å²) >= 11 is 0. The van der Waals surface area contributed by atoms with E-state index in [9.17, 15) is 9.59 Å². The van der Waals surface area contributed by atoms with Crippen molar-refractivity contribution in [1.29, 1.82) is 0 Å². The number of allylic oxidation sites excluding steroid dienone is 2. The zero-order chi connectivity index (χ0) is 23.3. The van der Waals surface area contributed by atoms with Crippen molar-refractivity contribution in [2.45, 2.75) is 135 Å². The van der Waals surface area contributed by atoms with Crippen molar-refractivity contribution in [2.24, 2.45) is 11.1 Å². The summed E-state index contributed by atoms with van der Waals surface area (Å²) in [5.74, 6) is -0.934. The lowest BCUT2D eigenvalue weighted by molar-refractivity contribution is -0.260. The molecule has 0 aromatic carbocycles. The van der Waals surface area contributed by atoms with Crippen LogP contribution in [0.1, 0.15) is 135 Å². The van der Waals surface area contributed by atoms with E-state index in [4.69, 9.17) is 15.5 Å². The molecule has 5 nitrogen and oxygen atoms in total. The van der Waals surface area contributed by atoms with Gasteiger partial charge in [-0.3, -0.25) is 0 Å². The van der Waals surface area contributed by atoms with Gasteiger partial charge < -0.3 is 5.73 Å². The van der Waals surface area contributed by atoms with Crippen molar-refractivity contribution in [2.75, 3.05) is 6.54 Å². The van der Waals surface area contributed by atoms with Gasteiger partial charge in [0.05, 0.1) is 12.8 Å². The molecule has 2 N–H and O–H groups in total. The van der Waals surface area contributed by atoms with Gasteiger partial charge in [-0.25, -0.2) is 19.4 Å². The molecule has 1 fully saturated rings. The van der Waals surface area contributed by atoms with Crippen molar-refractivity contribution in [3.63, 3.8) is 0 Å². The zero-order valence-electron chi connectivity index (χ0n) is 20.7. The first-order valence-electron chi connectivity index (χ1n) is 13.4. The molecule has 0 atom stereocenters. The monoisotopic (exact) mass is 451 g/mol. The van der Waals surface area contributed by atoms with Gasteiger partial charge in [-0.1, -0.05) is 89.7 Å². The van der Waals surface area contributed by atoms with Crippen molar-refractivity contribution in [3.8, 4) is 0 Å². The van der Waals surface area contributed by atoms with Gasteiger partial charge in [0.1, 0.15) is 0 Å². The van der Waals surface area contributed by atoms with Crippen LogP contribution in [-0.4, -0.2) is 18.5 Å². The summed E-state index contributed by atoms with van der Waals surface area (Å²) in [7, 11) is 0. The molecule has 186 valence electrons. The molecule has 0 amide bonds. The largest absolute Gasteiger partial charge is 0.356 e. The first-order valence-corrected chi connectivity index (χ1v) is 13.4. The highest BCUT2D eigenvalue weighted by Crippen LogP contribution is 2.38. The number of rotatable bonds is 18. The number of hydrogen-bond donors (Lipinski definition) is 1. The Hall–Kier alpha value is -1.36. The fourth-order valence-corrected chi connectivity index (χ4v) is 4.57. The van der Waals surface area contributed by atoms with Crippen LogP contribution in [0.15, 0.2) is 12.2 Å². The third kappa shape index (κ3) is 14.7. The smallest absolute Gasteiger partial charge is 0.330 e. The zero-order valence-corrected chi connectivity index (χ0v) is 20.7. The Bertz CT molecular complexity index is 512. The second kappa shape index (κ2) is 19.1. The van der Waals surface area contributed by atoms with Gasteiger partial charge in [-0.05, 0) is 56.9 Å². The summed E-state index contributed by atoms with van der Waals surface area (Å²) in [6.07, 6.45) is 26.3. The summed E-state index contributed by atoms with van der Waals surface area (Å²) in [6.45, 7) is 2.73. The van der Waals surface area contributed by atoms with Crippen LogP contribution in [0.5, 0.6) is 0 Å². The predicted molar refractivity (Wildman–Crippen MR) is 131 cm³/mol. The molecule has 0 aromatic heterocycles. The van der Waals surface area contributed by atoms with Crippen LogP contribution in [0.4, 0.5) is 0 Å². The molecule has 1 aliphatic rings. The molecule has 0 spiro atoms. The topological polar surface area (TPSA) is 78.6 Å². The molecule has 0 unspecified atom stereocenters. The third-order valence-corrected chi connectivity index (χ3v) is 6.74. The maximum Gasteiger partial charge on any atom is 0.356 e. The lowest BCUT2D eigenvalue weighted by Gasteiger charge is -2.34. The molecule has 0 heterocycles. The van der Waals surface area contributed by atoms with Crippen LogP contribution in [0.2, 0.25) is 0 Å². The standard InChI is InChI=1S/C27H49NO4/c1-2-3-4-5-6-7-8-9-10-11-12-13-14-15-17-20-25(29)31-32-26(30)23-27(24-28)21-18-16-19-22-27/h9-10H,2-8,11-24,28H2,1H3/b10-9-. The number of unbranched alkanes of at least 4 members (excludes halogenated alkanes) is 11. The molecule has 32 heavy (non-hydrogen) atoms. The lowest BCUT2D eigenvalue weighted by Crippen LogP contribution is -2.35. The third-order valence-electron chi connectivity index (χ3n) is 6.74. The van der Waals surface area contributed by atoms with Crippen molar-refractivity contribution in [3.05, 3.63) is 12.2 Å². The summed E-state index contributed by atoms with van der Waals surface area (Å²) in [6, 6.07) is 0. The van der Waals surface area contributed by atoms with Gasteiger partial charge in [0, 0.05) is 0 Å². The van der Waals surface area contributed by atoms with Crippen LogP contribution < -0.4 is 5.73 Å². The van der Waals surface area contributed by atoms with E-state index in [0.29, 0.717) is 13.0 Å². The average Bonchev–Trinajstić information content (AvgIpc) is 2.81. The van der Waals surface area contributed by atoms with Gasteiger partial charge in [0.2, 0.25) is 0 Å². The van der Waals surface area contributed by atoms with E-state index in [1.54, 1.807) is 0 Å². The number of nitrogens with two attached hydrogens (primary N) is 1. The Morgan fingerprint density at radius 1 is 0.750 bits per heavy atom. The number of hydrogen-bond acceptors (Lipinski definition) is 5. The first kappa shape index (κ1) is 28.7. The summed E-state index contributed by atoms with van der Waals surface area (Å²) in [5.41, 5.74) is 5.72. The van der Waals surface area contributed by atoms with Gasteiger partial charge in [-0.15, -0.1) is 0 Å². The number of carbonyl (C=O) groups is 2. The van der Waals surface area contributed by atoms with Gasteiger partial charge in [-0.2, -0.15) is 0 Å². The van der Waals surface area contributed by atoms with E-state index in [0.717, 1.165) is 51.4 Å². The quantitative estimate of drug-likeness (QED) is 0.102. The van der Waals surface area contributed by atoms with Gasteiger partial charge >= 0.3 is 11.9 Å². The highest BCUT2D eigenvalue weighted by Gasteiger charge is 2.34. The molecule has 0 bridgehead atoms. The Kier molecular flexibility index (Phi) is 17.2. The van der Waals surface area contributed by atoms with Crippen molar-refractivity contribution >= 4 is 11.9 Å². The molecule has 5 heteroatoms. The first-order chi connectivity index (χ1) is 15.6. The minimum atomic E-state index is -0.477. The maximum absolute atomic E-state index is 12.0. The van der Waals surface area contributed by atoms with E-state index in [-0.39, 0.29) is 11.8 Å². The normalized spacial score (nSPS) is 15.7. The molecular formula is C27H49NO4. The lowest BCUT2D eigenvalue weighted by atomic mass is 9.72. The van der Waals surface area contributed by atoms with Gasteiger partial charge in [0.25, 0.3) is 0 Å². The molecule has 1 aliphatic carbocycles. The highest BCUT2D eigenvalue weighted by molar-refractivity contribution is 5.73. The molecular weight excluding hydrogens is 402 g/mol. The molecule has 0 aromatic rings. The fraction of sp³-hybridized carbons (Fsp3) is 0.852. The fourth-order valence-electron chi connectivity index (χ4n) is 4.57. The van der Waals surface area contributed by atoms with Crippen molar-refractivity contribution < 1.29 is 19.4 Å². The van der Waals surface area contributed by atoms with E-state index in [2.05, 4.69) is 19.1 Å². The van der Waals surface area contributed by atoms with Crippen LogP contribution >= 0.6 is 0 Å². The average molecular weight is 452 g/mol. The summed E-state index contributed by atoms with van der Waals surface area (Å²) < 4.78 is 0. The van der Waals surface area contributed by atoms with E-state index in [1.807, 2.05) is 0 Å². The SMILES string of the molecule is CCCCCCCC/C=C\CCCCCCCC(=O)OOC(=O)CC1(CN)CCCCC1. The molecule has 0 radical (unpaired) electrons. The molecule has 1 rings (SSSR count). The Labute approximate surface area is 196 Å².